The summed E-state index contributed by atoms with van der Waals surface area (Å²) >= 11 is 0. The van der Waals surface area contributed by atoms with Crippen molar-refractivity contribution in [1.82, 2.24) is 5.32 Å². The molecule has 0 atom stereocenters. The monoisotopic (exact) mass is 323 g/mol. The van der Waals surface area contributed by atoms with Gasteiger partial charge in [-0.1, -0.05) is 13.8 Å². The van der Waals surface area contributed by atoms with Gasteiger partial charge in [-0.05, 0) is 37.0 Å². The van der Waals surface area contributed by atoms with Crippen LogP contribution in [0, 0.1) is 5.92 Å². The first kappa shape index (κ1) is 18.9. The fourth-order valence-corrected chi connectivity index (χ4v) is 2.03. The van der Waals surface area contributed by atoms with Gasteiger partial charge in [0.05, 0.1) is 27.4 Å². The van der Waals surface area contributed by atoms with Gasteiger partial charge >= 0.3 is 0 Å². The van der Waals surface area contributed by atoms with Crippen LogP contribution in [-0.4, -0.2) is 33.3 Å². The van der Waals surface area contributed by atoms with E-state index in [1.807, 2.05) is 19.1 Å². The zero-order valence-corrected chi connectivity index (χ0v) is 14.8. The second-order valence-electron chi connectivity index (χ2n) is 5.57. The van der Waals surface area contributed by atoms with Gasteiger partial charge < -0.3 is 25.3 Å². The molecule has 0 unspecified atom stereocenters. The molecule has 6 heteroatoms. The number of hydrogen-bond donors (Lipinski definition) is 2. The molecule has 1 rings (SSSR count). The topological polar surface area (TPSA) is 78.1 Å². The minimum absolute atomic E-state index is 0.442. The molecular formula is C17H29N3O3. The van der Waals surface area contributed by atoms with E-state index in [0.29, 0.717) is 42.3 Å². The molecule has 1 aromatic carbocycles. The first-order valence-electron chi connectivity index (χ1n) is 7.93. The molecule has 0 fully saturated rings. The van der Waals surface area contributed by atoms with Gasteiger partial charge in [-0.2, -0.15) is 0 Å². The summed E-state index contributed by atoms with van der Waals surface area (Å²) in [4.78, 5) is 4.35. The van der Waals surface area contributed by atoms with E-state index < -0.39 is 0 Å². The third-order valence-corrected chi connectivity index (χ3v) is 3.27. The van der Waals surface area contributed by atoms with Crippen LogP contribution in [0.3, 0.4) is 0 Å². The molecule has 6 nitrogen and oxygen atoms in total. The average molecular weight is 323 g/mol. The van der Waals surface area contributed by atoms with Crippen LogP contribution in [0.5, 0.6) is 17.2 Å². The van der Waals surface area contributed by atoms with Crippen molar-refractivity contribution < 1.29 is 14.2 Å². The Morgan fingerprint density at radius 3 is 2.30 bits per heavy atom. The van der Waals surface area contributed by atoms with Gasteiger partial charge in [-0.3, -0.25) is 0 Å². The number of nitrogens with one attached hydrogen (secondary N) is 1. The van der Waals surface area contributed by atoms with E-state index >= 15 is 0 Å². The Bertz CT molecular complexity index is 491. The normalized spacial score (nSPS) is 11.5. The summed E-state index contributed by atoms with van der Waals surface area (Å²) in [6.45, 7) is 8.07. The zero-order chi connectivity index (χ0) is 17.2. The second-order valence-corrected chi connectivity index (χ2v) is 5.57. The molecule has 0 aromatic heterocycles. The molecule has 3 N–H and O–H groups in total. The lowest BCUT2D eigenvalue weighted by molar-refractivity contribution is 0.288. The van der Waals surface area contributed by atoms with Gasteiger partial charge in [0.25, 0.3) is 0 Å². The van der Waals surface area contributed by atoms with Crippen LogP contribution in [0.4, 0.5) is 0 Å². The Kier molecular flexibility index (Phi) is 8.08. The van der Waals surface area contributed by atoms with E-state index in [4.69, 9.17) is 19.9 Å². The maximum atomic E-state index is 5.88. The highest BCUT2D eigenvalue weighted by Gasteiger charge is 2.13. The second kappa shape index (κ2) is 9.82. The Hall–Kier alpha value is -2.11. The molecule has 1 aromatic rings. The quantitative estimate of drug-likeness (QED) is 0.539. The molecule has 0 aliphatic rings. The number of nitrogens with two attached hydrogens (primary N) is 1. The number of rotatable bonds is 9. The Morgan fingerprint density at radius 2 is 1.83 bits per heavy atom. The number of hydrogen-bond acceptors (Lipinski definition) is 4. The highest BCUT2D eigenvalue weighted by Crippen LogP contribution is 2.38. The summed E-state index contributed by atoms with van der Waals surface area (Å²) in [6.07, 6.45) is 1.06. The van der Waals surface area contributed by atoms with E-state index in [2.05, 4.69) is 24.2 Å². The number of benzene rings is 1. The minimum Gasteiger partial charge on any atom is -0.493 e. The molecule has 0 aliphatic carbocycles. The molecule has 0 heterocycles. The summed E-state index contributed by atoms with van der Waals surface area (Å²) in [5.41, 5.74) is 6.82. The molecule has 0 saturated heterocycles. The van der Waals surface area contributed by atoms with Crippen molar-refractivity contribution in [3.63, 3.8) is 0 Å². The smallest absolute Gasteiger partial charge is 0.203 e. The van der Waals surface area contributed by atoms with Gasteiger partial charge in [0, 0.05) is 6.54 Å². The largest absolute Gasteiger partial charge is 0.493 e. The fraction of sp³-hybridized carbons (Fsp3) is 0.588. The van der Waals surface area contributed by atoms with Crippen LogP contribution in [0.1, 0.15) is 32.8 Å². The molecule has 0 aliphatic heterocycles. The molecule has 0 radical (unpaired) electrons. The summed E-state index contributed by atoms with van der Waals surface area (Å²) < 4.78 is 16.3. The fourth-order valence-electron chi connectivity index (χ4n) is 2.03. The highest BCUT2D eigenvalue weighted by atomic mass is 16.5. The van der Waals surface area contributed by atoms with E-state index in [1.54, 1.807) is 14.2 Å². The lowest BCUT2D eigenvalue weighted by Gasteiger charge is -2.15. The minimum atomic E-state index is 0.442. The predicted molar refractivity (Wildman–Crippen MR) is 93.5 cm³/mol. The van der Waals surface area contributed by atoms with Crippen LogP contribution in [0.2, 0.25) is 0 Å². The first-order valence-corrected chi connectivity index (χ1v) is 7.93. The standard InChI is InChI=1S/C17H29N3O3/c1-6-23-16-14(21-4)9-13(10-15(16)22-5)11-20-17(18)19-8-7-12(2)3/h9-10,12H,6-8,11H2,1-5H3,(H3,18,19,20). The number of ether oxygens (including phenoxy) is 3. The predicted octanol–water partition coefficient (Wildman–Crippen LogP) is 2.55. The number of nitrogens with zero attached hydrogens (tertiary/aromatic N) is 1. The molecule has 23 heavy (non-hydrogen) atoms. The SMILES string of the molecule is CCOc1c(OC)cc(CN=C(N)NCCC(C)C)cc1OC. The summed E-state index contributed by atoms with van der Waals surface area (Å²) in [7, 11) is 3.21. The van der Waals surface area contributed by atoms with Crippen LogP contribution >= 0.6 is 0 Å². The molecule has 130 valence electrons. The summed E-state index contributed by atoms with van der Waals surface area (Å²) in [5, 5.41) is 3.11. The Morgan fingerprint density at radius 1 is 1.22 bits per heavy atom. The van der Waals surface area contributed by atoms with Crippen molar-refractivity contribution in [2.45, 2.75) is 33.7 Å². The molecular weight excluding hydrogens is 294 g/mol. The maximum Gasteiger partial charge on any atom is 0.203 e. The van der Waals surface area contributed by atoms with Crippen LogP contribution in [-0.2, 0) is 6.54 Å². The van der Waals surface area contributed by atoms with E-state index in [9.17, 15) is 0 Å². The van der Waals surface area contributed by atoms with Gasteiger partial charge in [0.1, 0.15) is 0 Å². The van der Waals surface area contributed by atoms with Crippen molar-refractivity contribution in [3.05, 3.63) is 17.7 Å². The Balaban J connectivity index is 2.80. The van der Waals surface area contributed by atoms with Crippen molar-refractivity contribution in [1.29, 1.82) is 0 Å². The van der Waals surface area contributed by atoms with Crippen molar-refractivity contribution in [2.24, 2.45) is 16.6 Å². The lowest BCUT2D eigenvalue weighted by atomic mass is 10.1. The Labute approximate surface area is 139 Å². The number of aliphatic imine (C=N–C) groups is 1. The molecule has 0 amide bonds. The van der Waals surface area contributed by atoms with E-state index in [0.717, 1.165) is 18.5 Å². The number of methoxy groups -OCH3 is 2. The maximum absolute atomic E-state index is 5.88. The van der Waals surface area contributed by atoms with Crippen LogP contribution in [0.15, 0.2) is 17.1 Å². The lowest BCUT2D eigenvalue weighted by Crippen LogP contribution is -2.32. The van der Waals surface area contributed by atoms with Crippen molar-refractivity contribution >= 4 is 5.96 Å². The summed E-state index contributed by atoms with van der Waals surface area (Å²) in [5.74, 6) is 2.94. The van der Waals surface area contributed by atoms with Crippen molar-refractivity contribution in [3.8, 4) is 17.2 Å². The number of guanidine groups is 1. The van der Waals surface area contributed by atoms with Crippen molar-refractivity contribution in [2.75, 3.05) is 27.4 Å². The third-order valence-electron chi connectivity index (χ3n) is 3.27. The first-order chi connectivity index (χ1) is 11.0. The van der Waals surface area contributed by atoms with Gasteiger partial charge in [0.15, 0.2) is 17.5 Å². The molecule has 0 bridgehead atoms. The van der Waals surface area contributed by atoms with Crippen LogP contribution < -0.4 is 25.3 Å². The zero-order valence-electron chi connectivity index (χ0n) is 14.8. The van der Waals surface area contributed by atoms with Gasteiger partial charge in [0.2, 0.25) is 5.75 Å². The highest BCUT2D eigenvalue weighted by molar-refractivity contribution is 5.77. The summed E-state index contributed by atoms with van der Waals surface area (Å²) in [6, 6.07) is 3.77. The van der Waals surface area contributed by atoms with E-state index in [-0.39, 0.29) is 0 Å². The van der Waals surface area contributed by atoms with Crippen LogP contribution in [0.25, 0.3) is 0 Å². The average Bonchev–Trinajstić information content (AvgIpc) is 2.53. The van der Waals surface area contributed by atoms with E-state index in [1.165, 1.54) is 0 Å². The molecule has 0 saturated carbocycles. The van der Waals surface area contributed by atoms with Gasteiger partial charge in [-0.25, -0.2) is 4.99 Å². The third kappa shape index (κ3) is 6.26. The van der Waals surface area contributed by atoms with Gasteiger partial charge in [-0.15, -0.1) is 0 Å². The molecule has 0 spiro atoms.